The van der Waals surface area contributed by atoms with Crippen LogP contribution in [0.15, 0.2) is 30.3 Å². The van der Waals surface area contributed by atoms with E-state index in [1.807, 2.05) is 30.3 Å². The molecule has 0 aliphatic carbocycles. The largest absolute Gasteiger partial charge is 2.00 e. The fourth-order valence-electron chi connectivity index (χ4n) is 1.51. The van der Waals surface area contributed by atoms with Gasteiger partial charge in [0.25, 0.3) is 0 Å². The van der Waals surface area contributed by atoms with E-state index in [0.29, 0.717) is 12.8 Å². The zero-order valence-corrected chi connectivity index (χ0v) is 11.7. The van der Waals surface area contributed by atoms with Gasteiger partial charge in [0.2, 0.25) is 0 Å². The van der Waals surface area contributed by atoms with E-state index in [-0.39, 0.29) is 47.0 Å². The fraction of sp³-hybridized carbons (Fsp3) is 0.333. The third-order valence-corrected chi connectivity index (χ3v) is 2.40. The minimum Gasteiger partial charge on any atom is -1.00 e. The van der Waals surface area contributed by atoms with Crippen molar-refractivity contribution in [1.82, 2.24) is 0 Å². The second-order valence-corrected chi connectivity index (χ2v) is 3.61. The molecule has 4 nitrogen and oxygen atoms in total. The van der Waals surface area contributed by atoms with Crippen LogP contribution in [-0.2, 0) is 16.0 Å². The van der Waals surface area contributed by atoms with Gasteiger partial charge in [-0.2, -0.15) is 0 Å². The molecular formula is C12H16CaO4. The SMILES string of the molecule is O=C(O)C(CCCc1ccccc1)C(=O)O.[Ca+2].[H-].[H-]. The van der Waals surface area contributed by atoms with Gasteiger partial charge in [0.05, 0.1) is 0 Å². The molecular weight excluding hydrogens is 248 g/mol. The van der Waals surface area contributed by atoms with E-state index >= 15 is 0 Å². The Morgan fingerprint density at radius 2 is 1.65 bits per heavy atom. The molecule has 0 bridgehead atoms. The molecule has 17 heavy (non-hydrogen) atoms. The molecule has 0 aliphatic rings. The van der Waals surface area contributed by atoms with Crippen LogP contribution in [0.3, 0.4) is 0 Å². The van der Waals surface area contributed by atoms with Crippen molar-refractivity contribution in [1.29, 1.82) is 0 Å². The van der Waals surface area contributed by atoms with E-state index in [9.17, 15) is 9.59 Å². The Hall–Kier alpha value is -0.580. The first-order valence-corrected chi connectivity index (χ1v) is 5.11. The molecule has 1 aromatic rings. The van der Waals surface area contributed by atoms with Gasteiger partial charge < -0.3 is 13.1 Å². The summed E-state index contributed by atoms with van der Waals surface area (Å²) in [6, 6.07) is 9.59. The molecule has 2 N–H and O–H groups in total. The number of aryl methyl sites for hydroxylation is 1. The predicted octanol–water partition coefficient (Wildman–Crippen LogP) is 1.64. The topological polar surface area (TPSA) is 74.6 Å². The molecule has 0 atom stereocenters. The van der Waals surface area contributed by atoms with Crippen molar-refractivity contribution >= 4 is 49.7 Å². The van der Waals surface area contributed by atoms with Gasteiger partial charge in [0.1, 0.15) is 0 Å². The number of benzene rings is 1. The van der Waals surface area contributed by atoms with Crippen molar-refractivity contribution in [2.45, 2.75) is 19.3 Å². The Bertz CT molecular complexity index is 359. The summed E-state index contributed by atoms with van der Waals surface area (Å²) in [6.07, 6.45) is 1.44. The Balaban J connectivity index is -0.000000853. The summed E-state index contributed by atoms with van der Waals surface area (Å²) < 4.78 is 0. The fourth-order valence-corrected chi connectivity index (χ4v) is 1.51. The minimum absolute atomic E-state index is 0. The number of carboxylic acid groups (broad SMARTS) is 2. The summed E-state index contributed by atoms with van der Waals surface area (Å²) in [5.74, 6) is -3.81. The number of hydrogen-bond donors (Lipinski definition) is 2. The van der Waals surface area contributed by atoms with Crippen LogP contribution in [0.2, 0.25) is 0 Å². The smallest absolute Gasteiger partial charge is 1.00 e. The van der Waals surface area contributed by atoms with Gasteiger partial charge in [-0.05, 0) is 24.8 Å². The Labute approximate surface area is 133 Å². The Kier molecular flexibility index (Phi) is 8.21. The summed E-state index contributed by atoms with van der Waals surface area (Å²) in [5, 5.41) is 17.3. The van der Waals surface area contributed by atoms with Crippen LogP contribution in [0.1, 0.15) is 21.3 Å². The average Bonchev–Trinajstić information content (AvgIpc) is 2.24. The quantitative estimate of drug-likeness (QED) is 0.605. The molecule has 0 saturated carbocycles. The van der Waals surface area contributed by atoms with Gasteiger partial charge in [-0.1, -0.05) is 30.3 Å². The summed E-state index contributed by atoms with van der Waals surface area (Å²) in [7, 11) is 0. The van der Waals surface area contributed by atoms with Gasteiger partial charge in [0, 0.05) is 0 Å². The van der Waals surface area contributed by atoms with Gasteiger partial charge in [-0.3, -0.25) is 9.59 Å². The van der Waals surface area contributed by atoms with E-state index in [1.165, 1.54) is 0 Å². The van der Waals surface area contributed by atoms with E-state index in [4.69, 9.17) is 10.2 Å². The maximum Gasteiger partial charge on any atom is 2.00 e. The summed E-state index contributed by atoms with van der Waals surface area (Å²) in [6.45, 7) is 0. The Morgan fingerprint density at radius 1 is 1.12 bits per heavy atom. The maximum absolute atomic E-state index is 10.6. The van der Waals surface area contributed by atoms with E-state index in [2.05, 4.69) is 0 Å². The van der Waals surface area contributed by atoms with Crippen LogP contribution in [0.4, 0.5) is 0 Å². The van der Waals surface area contributed by atoms with Gasteiger partial charge in [-0.15, -0.1) is 0 Å². The third kappa shape index (κ3) is 6.05. The van der Waals surface area contributed by atoms with Crippen LogP contribution >= 0.6 is 0 Å². The second-order valence-electron chi connectivity index (χ2n) is 3.61. The molecule has 0 unspecified atom stereocenters. The van der Waals surface area contributed by atoms with Crippen molar-refractivity contribution in [3.05, 3.63) is 35.9 Å². The van der Waals surface area contributed by atoms with Crippen LogP contribution in [-0.4, -0.2) is 59.9 Å². The minimum atomic E-state index is -1.29. The van der Waals surface area contributed by atoms with Crippen LogP contribution in [0, 0.1) is 5.92 Å². The van der Waals surface area contributed by atoms with Gasteiger partial charge in [-0.25, -0.2) is 0 Å². The molecule has 0 fully saturated rings. The molecule has 0 radical (unpaired) electrons. The standard InChI is InChI=1S/C12H14O4.Ca.2H/c13-11(14)10(12(15)16)8-4-7-9-5-2-1-3-6-9;;;/h1-3,5-6,10H,4,7-8H2,(H,13,14)(H,15,16);;;/q;+2;2*-1. The zero-order valence-electron chi connectivity index (χ0n) is 11.5. The molecule has 0 spiro atoms. The first-order valence-electron chi connectivity index (χ1n) is 5.11. The predicted molar refractivity (Wildman–Crippen MR) is 66.1 cm³/mol. The molecule has 5 heteroatoms. The van der Waals surface area contributed by atoms with Gasteiger partial charge in [0.15, 0.2) is 5.92 Å². The van der Waals surface area contributed by atoms with Crippen molar-refractivity contribution in [2.75, 3.05) is 0 Å². The van der Waals surface area contributed by atoms with Crippen molar-refractivity contribution in [2.24, 2.45) is 5.92 Å². The molecule has 0 amide bonds. The van der Waals surface area contributed by atoms with E-state index in [1.54, 1.807) is 0 Å². The molecule has 0 aromatic heterocycles. The monoisotopic (exact) mass is 264 g/mol. The Morgan fingerprint density at radius 3 is 2.12 bits per heavy atom. The summed E-state index contributed by atoms with van der Waals surface area (Å²) in [4.78, 5) is 21.2. The number of carboxylic acids is 2. The molecule has 0 saturated heterocycles. The normalized spacial score (nSPS) is 9.71. The number of carbonyl (C=O) groups is 2. The van der Waals surface area contributed by atoms with Crippen LogP contribution in [0.25, 0.3) is 0 Å². The van der Waals surface area contributed by atoms with Crippen molar-refractivity contribution < 1.29 is 22.7 Å². The maximum atomic E-state index is 10.6. The zero-order chi connectivity index (χ0) is 12.0. The van der Waals surface area contributed by atoms with Crippen LogP contribution < -0.4 is 0 Å². The van der Waals surface area contributed by atoms with E-state index < -0.39 is 17.9 Å². The average molecular weight is 264 g/mol. The molecule has 90 valence electrons. The summed E-state index contributed by atoms with van der Waals surface area (Å²) in [5.41, 5.74) is 1.09. The molecule has 1 aromatic carbocycles. The third-order valence-electron chi connectivity index (χ3n) is 2.40. The van der Waals surface area contributed by atoms with Gasteiger partial charge >= 0.3 is 49.7 Å². The number of aliphatic carboxylic acids is 2. The molecule has 0 heterocycles. The van der Waals surface area contributed by atoms with E-state index in [0.717, 1.165) is 5.56 Å². The van der Waals surface area contributed by atoms with Crippen LogP contribution in [0.5, 0.6) is 0 Å². The summed E-state index contributed by atoms with van der Waals surface area (Å²) >= 11 is 0. The molecule has 1 rings (SSSR count). The van der Waals surface area contributed by atoms with Crippen molar-refractivity contribution in [3.63, 3.8) is 0 Å². The van der Waals surface area contributed by atoms with Crippen molar-refractivity contribution in [3.8, 4) is 0 Å². The first kappa shape index (κ1) is 16.4. The second kappa shape index (κ2) is 8.50. The molecule has 0 aliphatic heterocycles. The number of hydrogen-bond acceptors (Lipinski definition) is 2. The first-order chi connectivity index (χ1) is 7.61. The number of rotatable bonds is 6.